The van der Waals surface area contributed by atoms with E-state index in [0.717, 1.165) is 12.5 Å². The molecular weight excluding hydrogens is 248 g/mol. The summed E-state index contributed by atoms with van der Waals surface area (Å²) in [5.41, 5.74) is -0.185. The van der Waals surface area contributed by atoms with E-state index < -0.39 is 22.4 Å². The highest BCUT2D eigenvalue weighted by Crippen LogP contribution is 2.28. The fourth-order valence-electron chi connectivity index (χ4n) is 2.39. The van der Waals surface area contributed by atoms with E-state index in [1.165, 1.54) is 14.1 Å². The van der Waals surface area contributed by atoms with Crippen molar-refractivity contribution >= 4 is 17.9 Å². The molecule has 19 heavy (non-hydrogen) atoms. The molecule has 3 amide bonds. The van der Waals surface area contributed by atoms with Crippen LogP contribution in [0.5, 0.6) is 0 Å². The number of imide groups is 1. The molecule has 1 rings (SSSR count). The fraction of sp³-hybridized carbons (Fsp3) is 0.615. The molecule has 2 atom stereocenters. The number of carboxylic acids is 1. The number of carbonyl (C=O) groups excluding carboxylic acids is 2. The maximum atomic E-state index is 12.6. The van der Waals surface area contributed by atoms with Gasteiger partial charge >= 0.3 is 17.9 Å². The van der Waals surface area contributed by atoms with Crippen LogP contribution in [0.15, 0.2) is 11.8 Å². The number of urea groups is 1. The molecule has 0 aromatic heterocycles. The zero-order chi connectivity index (χ0) is 15.0. The molecule has 0 aromatic carbocycles. The third-order valence-corrected chi connectivity index (χ3v) is 3.84. The number of carbonyl (C=O) groups is 3. The molecule has 0 spiro atoms. The Kier molecular flexibility index (Phi) is 3.97. The van der Waals surface area contributed by atoms with E-state index in [-0.39, 0.29) is 16.1 Å². The van der Waals surface area contributed by atoms with E-state index in [2.05, 4.69) is 0 Å². The standard InChI is InChI=1S/C13H21N2O4/c1-6-9(2)8-15(5)11(16)7-10(12(17)18)14(3,4)13(15)19/h7,9H,6,8H2,1-5H3/q+1/p+1. The summed E-state index contributed by atoms with van der Waals surface area (Å²) in [6.07, 6.45) is 1.95. The molecule has 1 aliphatic heterocycles. The molecule has 0 saturated carbocycles. The van der Waals surface area contributed by atoms with Gasteiger partial charge in [-0.3, -0.25) is 0 Å². The molecule has 1 aliphatic rings. The number of hydrogen-bond donors (Lipinski definition) is 1. The highest BCUT2D eigenvalue weighted by Gasteiger charge is 2.58. The maximum Gasteiger partial charge on any atom is 0.526 e. The summed E-state index contributed by atoms with van der Waals surface area (Å²) in [5.74, 6) is -1.49. The zero-order valence-corrected chi connectivity index (χ0v) is 12.1. The first kappa shape index (κ1) is 15.5. The smallest absolute Gasteiger partial charge is 0.474 e. The van der Waals surface area contributed by atoms with E-state index in [4.69, 9.17) is 5.11 Å². The van der Waals surface area contributed by atoms with Crippen LogP contribution in [0.1, 0.15) is 20.3 Å². The van der Waals surface area contributed by atoms with Crippen LogP contribution in [-0.2, 0) is 9.59 Å². The molecule has 1 heterocycles. The summed E-state index contributed by atoms with van der Waals surface area (Å²) in [7, 11) is 4.57. The maximum absolute atomic E-state index is 12.6. The summed E-state index contributed by atoms with van der Waals surface area (Å²) in [4.78, 5) is 35.9. The van der Waals surface area contributed by atoms with Gasteiger partial charge in [0.1, 0.15) is 12.6 Å². The van der Waals surface area contributed by atoms with E-state index in [1.54, 1.807) is 7.05 Å². The van der Waals surface area contributed by atoms with Gasteiger partial charge in [-0.15, -0.1) is 4.48 Å². The number of carboxylic acid groups (broad SMARTS) is 1. The molecule has 106 valence electrons. The van der Waals surface area contributed by atoms with E-state index in [9.17, 15) is 14.4 Å². The second-order valence-electron chi connectivity index (χ2n) is 5.80. The topological polar surface area (TPSA) is 71.4 Å². The van der Waals surface area contributed by atoms with Gasteiger partial charge in [-0.25, -0.2) is 9.59 Å². The minimum atomic E-state index is -1.23. The first-order valence-corrected chi connectivity index (χ1v) is 6.32. The van der Waals surface area contributed by atoms with Crippen molar-refractivity contribution < 1.29 is 28.5 Å². The number of amides is 3. The number of quaternary nitrogens is 2. The van der Waals surface area contributed by atoms with Crippen LogP contribution < -0.4 is 0 Å². The average Bonchev–Trinajstić information content (AvgIpc) is 2.31. The Morgan fingerprint density at radius 1 is 1.32 bits per heavy atom. The largest absolute Gasteiger partial charge is 0.526 e. The van der Waals surface area contributed by atoms with Crippen molar-refractivity contribution in [1.82, 2.24) is 0 Å². The van der Waals surface area contributed by atoms with Crippen molar-refractivity contribution in [2.45, 2.75) is 20.3 Å². The van der Waals surface area contributed by atoms with E-state index >= 15 is 0 Å². The summed E-state index contributed by atoms with van der Waals surface area (Å²) in [6.45, 7) is 4.36. The highest BCUT2D eigenvalue weighted by molar-refractivity contribution is 6.00. The fourth-order valence-corrected chi connectivity index (χ4v) is 2.39. The number of likely N-dealkylation sites (N-methyl/N-ethyl adjacent to an activating group) is 2. The highest BCUT2D eigenvalue weighted by atomic mass is 16.4. The lowest BCUT2D eigenvalue weighted by atomic mass is 10.1. The number of rotatable bonds is 4. The Labute approximate surface area is 113 Å². The summed E-state index contributed by atoms with van der Waals surface area (Å²) in [6, 6.07) is -0.412. The second kappa shape index (κ2) is 4.86. The predicted octanol–water partition coefficient (Wildman–Crippen LogP) is 1.18. The van der Waals surface area contributed by atoms with Gasteiger partial charge in [0.15, 0.2) is 0 Å². The molecule has 6 nitrogen and oxygen atoms in total. The number of aliphatic carboxylic acids is 1. The molecular formula is C13H22N2O4+2. The molecule has 2 unspecified atom stereocenters. The van der Waals surface area contributed by atoms with Crippen molar-refractivity contribution in [3.05, 3.63) is 11.8 Å². The molecule has 0 radical (unpaired) electrons. The minimum Gasteiger partial charge on any atom is -0.474 e. The second-order valence-corrected chi connectivity index (χ2v) is 5.80. The molecule has 0 aromatic rings. The van der Waals surface area contributed by atoms with Crippen molar-refractivity contribution in [1.29, 1.82) is 0 Å². The van der Waals surface area contributed by atoms with Gasteiger partial charge in [0.2, 0.25) is 5.70 Å². The molecule has 1 N–H and O–H groups in total. The van der Waals surface area contributed by atoms with Gasteiger partial charge in [-0.05, 0) is 6.42 Å². The van der Waals surface area contributed by atoms with Gasteiger partial charge in [0.05, 0.1) is 21.1 Å². The average molecular weight is 270 g/mol. The Balaban J connectivity index is 3.30. The van der Waals surface area contributed by atoms with Crippen LogP contribution in [0, 0.1) is 5.92 Å². The first-order chi connectivity index (χ1) is 8.57. The van der Waals surface area contributed by atoms with Crippen molar-refractivity contribution in [3.63, 3.8) is 0 Å². The van der Waals surface area contributed by atoms with Crippen molar-refractivity contribution in [3.8, 4) is 0 Å². The van der Waals surface area contributed by atoms with Crippen LogP contribution in [-0.4, -0.2) is 59.7 Å². The zero-order valence-electron chi connectivity index (χ0n) is 12.1. The Morgan fingerprint density at radius 3 is 2.26 bits per heavy atom. The third kappa shape index (κ3) is 2.46. The Morgan fingerprint density at radius 2 is 1.84 bits per heavy atom. The Hall–Kier alpha value is -1.53. The van der Waals surface area contributed by atoms with Crippen LogP contribution in [0.3, 0.4) is 0 Å². The lowest BCUT2D eigenvalue weighted by molar-refractivity contribution is -0.894. The van der Waals surface area contributed by atoms with Gasteiger partial charge in [0.25, 0.3) is 0 Å². The monoisotopic (exact) mass is 270 g/mol. The van der Waals surface area contributed by atoms with Gasteiger partial charge in [-0.1, -0.05) is 13.8 Å². The quantitative estimate of drug-likeness (QED) is 0.779. The van der Waals surface area contributed by atoms with Gasteiger partial charge in [-0.2, -0.15) is 9.28 Å². The molecule has 0 fully saturated rings. The van der Waals surface area contributed by atoms with Crippen LogP contribution in [0.4, 0.5) is 4.79 Å². The lowest BCUT2D eigenvalue weighted by Crippen LogP contribution is -2.68. The Bertz CT molecular complexity index is 467. The SMILES string of the molecule is CCC(C)C[N+]1(C)C(=O)C=C(C(=O)O)[N+](C)(C)C1=O. The van der Waals surface area contributed by atoms with Crippen LogP contribution in [0.2, 0.25) is 0 Å². The van der Waals surface area contributed by atoms with Crippen molar-refractivity contribution in [2.24, 2.45) is 5.92 Å². The van der Waals surface area contributed by atoms with Crippen LogP contribution in [0.25, 0.3) is 0 Å². The summed E-state index contributed by atoms with van der Waals surface area (Å²) >= 11 is 0. The van der Waals surface area contributed by atoms with Gasteiger partial charge < -0.3 is 5.11 Å². The molecule has 6 heteroatoms. The predicted molar refractivity (Wildman–Crippen MR) is 68.7 cm³/mol. The van der Waals surface area contributed by atoms with Crippen LogP contribution >= 0.6 is 0 Å². The first-order valence-electron chi connectivity index (χ1n) is 6.32. The molecule has 0 bridgehead atoms. The number of nitrogens with zero attached hydrogens (tertiary/aromatic N) is 2. The molecule has 0 aliphatic carbocycles. The summed E-state index contributed by atoms with van der Waals surface area (Å²) < 4.78 is -0.799. The normalized spacial score (nSPS) is 27.9. The third-order valence-electron chi connectivity index (χ3n) is 3.84. The van der Waals surface area contributed by atoms with Gasteiger partial charge in [0, 0.05) is 5.92 Å². The lowest BCUT2D eigenvalue weighted by Gasteiger charge is -2.38. The van der Waals surface area contributed by atoms with Crippen molar-refractivity contribution in [2.75, 3.05) is 27.7 Å². The number of hydrogen-bond acceptors (Lipinski definition) is 3. The van der Waals surface area contributed by atoms with E-state index in [0.29, 0.717) is 6.54 Å². The minimum absolute atomic E-state index is 0.185. The molecule has 0 saturated heterocycles. The van der Waals surface area contributed by atoms with E-state index in [1.807, 2.05) is 13.8 Å². The summed E-state index contributed by atoms with van der Waals surface area (Å²) in [5, 5.41) is 9.11.